The molecule has 1 atom stereocenters. The van der Waals surface area contributed by atoms with E-state index in [1.54, 1.807) is 0 Å². The fraction of sp³-hybridized carbons (Fsp3) is 0.524. The summed E-state index contributed by atoms with van der Waals surface area (Å²) in [6.07, 6.45) is 12.0. The summed E-state index contributed by atoms with van der Waals surface area (Å²) in [5.74, 6) is 0.869. The first kappa shape index (κ1) is 20.0. The van der Waals surface area contributed by atoms with Crippen LogP contribution in [0.3, 0.4) is 0 Å². The number of imidazole rings is 1. The molecule has 0 radical (unpaired) electrons. The molecule has 0 amide bonds. The number of guanidine groups is 1. The van der Waals surface area contributed by atoms with E-state index in [2.05, 4.69) is 63.3 Å². The molecule has 2 rings (SSSR count). The van der Waals surface area contributed by atoms with Gasteiger partial charge in [0.1, 0.15) is 0 Å². The predicted octanol–water partition coefficient (Wildman–Crippen LogP) is 3.96. The van der Waals surface area contributed by atoms with Gasteiger partial charge in [-0.3, -0.25) is 4.99 Å². The minimum Gasteiger partial charge on any atom is -0.354 e. The lowest BCUT2D eigenvalue weighted by Gasteiger charge is -2.18. The molecule has 1 aromatic carbocycles. The van der Waals surface area contributed by atoms with Crippen LogP contribution in [0, 0.1) is 0 Å². The lowest BCUT2D eigenvalue weighted by atomic mass is 10.1. The summed E-state index contributed by atoms with van der Waals surface area (Å²) in [5, 5.41) is 6.92. The van der Waals surface area contributed by atoms with E-state index in [0.29, 0.717) is 6.04 Å². The highest BCUT2D eigenvalue weighted by molar-refractivity contribution is 5.79. The van der Waals surface area contributed by atoms with Crippen LogP contribution in [0.25, 0.3) is 0 Å². The molecule has 0 fully saturated rings. The number of benzene rings is 1. The van der Waals surface area contributed by atoms with Crippen molar-refractivity contribution in [2.75, 3.05) is 7.05 Å². The average molecular weight is 356 g/mol. The normalized spacial score (nSPS) is 12.8. The molecule has 26 heavy (non-hydrogen) atoms. The molecule has 0 aliphatic carbocycles. The zero-order chi connectivity index (χ0) is 18.6. The van der Waals surface area contributed by atoms with Gasteiger partial charge in [0, 0.05) is 38.6 Å². The molecule has 5 heteroatoms. The number of hydrogen-bond donors (Lipinski definition) is 2. The van der Waals surface area contributed by atoms with Crippen molar-refractivity contribution in [2.24, 2.45) is 4.99 Å². The molecular formula is C21H33N5. The number of hydrogen-bond acceptors (Lipinski definition) is 2. The third-order valence-electron chi connectivity index (χ3n) is 4.47. The van der Waals surface area contributed by atoms with Gasteiger partial charge >= 0.3 is 0 Å². The summed E-state index contributed by atoms with van der Waals surface area (Å²) in [6, 6.07) is 9.07. The average Bonchev–Trinajstić information content (AvgIpc) is 3.15. The van der Waals surface area contributed by atoms with Crippen LogP contribution in [0.1, 0.15) is 57.1 Å². The molecule has 5 nitrogen and oxygen atoms in total. The Morgan fingerprint density at radius 1 is 1.23 bits per heavy atom. The van der Waals surface area contributed by atoms with Gasteiger partial charge < -0.3 is 15.2 Å². The lowest BCUT2D eigenvalue weighted by molar-refractivity contribution is 0.537. The molecular weight excluding hydrogens is 322 g/mol. The van der Waals surface area contributed by atoms with Gasteiger partial charge in [-0.1, -0.05) is 56.9 Å². The molecule has 0 aliphatic rings. The van der Waals surface area contributed by atoms with Crippen LogP contribution in [-0.4, -0.2) is 28.6 Å². The largest absolute Gasteiger partial charge is 0.354 e. The maximum Gasteiger partial charge on any atom is 0.191 e. The second-order valence-electron chi connectivity index (χ2n) is 6.88. The van der Waals surface area contributed by atoms with E-state index in [1.165, 1.54) is 43.2 Å². The van der Waals surface area contributed by atoms with Crippen molar-refractivity contribution in [3.05, 3.63) is 54.1 Å². The van der Waals surface area contributed by atoms with Crippen molar-refractivity contribution in [3.8, 4) is 0 Å². The van der Waals surface area contributed by atoms with Crippen molar-refractivity contribution in [1.82, 2.24) is 20.2 Å². The smallest absolute Gasteiger partial charge is 0.191 e. The monoisotopic (exact) mass is 355 g/mol. The highest BCUT2D eigenvalue weighted by atomic mass is 15.2. The van der Waals surface area contributed by atoms with Gasteiger partial charge in [-0.15, -0.1) is 0 Å². The first-order chi connectivity index (χ1) is 12.7. The van der Waals surface area contributed by atoms with Crippen molar-refractivity contribution < 1.29 is 0 Å². The highest BCUT2D eigenvalue weighted by Crippen LogP contribution is 2.08. The van der Waals surface area contributed by atoms with Crippen LogP contribution in [-0.2, 0) is 13.1 Å². The number of rotatable bonds is 10. The summed E-state index contributed by atoms with van der Waals surface area (Å²) in [4.78, 5) is 8.45. The van der Waals surface area contributed by atoms with Crippen molar-refractivity contribution >= 4 is 5.96 Å². The van der Waals surface area contributed by atoms with E-state index in [-0.39, 0.29) is 0 Å². The zero-order valence-corrected chi connectivity index (χ0v) is 16.4. The number of aliphatic imine (C=N–C) groups is 1. The van der Waals surface area contributed by atoms with Crippen LogP contribution < -0.4 is 10.6 Å². The Kier molecular flexibility index (Phi) is 8.73. The number of aromatic nitrogens is 2. The number of unbranched alkanes of at least 4 members (excludes halogenated alkanes) is 3. The molecule has 0 bridgehead atoms. The minimum absolute atomic E-state index is 0.436. The Morgan fingerprint density at radius 2 is 2.08 bits per heavy atom. The Labute approximate surface area is 158 Å². The molecule has 2 aromatic rings. The van der Waals surface area contributed by atoms with E-state index in [9.17, 15) is 0 Å². The third kappa shape index (κ3) is 7.30. The van der Waals surface area contributed by atoms with Gasteiger partial charge in [0.25, 0.3) is 0 Å². The Morgan fingerprint density at radius 3 is 2.81 bits per heavy atom. The fourth-order valence-corrected chi connectivity index (χ4v) is 2.99. The van der Waals surface area contributed by atoms with Gasteiger partial charge in [0.2, 0.25) is 0 Å². The van der Waals surface area contributed by atoms with Crippen LogP contribution in [0.2, 0.25) is 0 Å². The summed E-state index contributed by atoms with van der Waals surface area (Å²) in [6.45, 7) is 6.08. The molecule has 0 spiro atoms. The second-order valence-corrected chi connectivity index (χ2v) is 6.88. The molecule has 142 valence electrons. The van der Waals surface area contributed by atoms with Crippen LogP contribution in [0.5, 0.6) is 0 Å². The van der Waals surface area contributed by atoms with Crippen molar-refractivity contribution in [2.45, 2.75) is 65.1 Å². The Bertz CT molecular complexity index is 648. The standard InChI is InChI=1S/C21H33N5/c1-4-5-6-7-9-18(2)25-21(22-3)24-15-19-10-8-11-20(14-19)16-26-13-12-23-17-26/h8,10-14,17-18H,4-7,9,15-16H2,1-3H3,(H2,22,24,25). The van der Waals surface area contributed by atoms with Gasteiger partial charge in [-0.05, 0) is 24.5 Å². The fourth-order valence-electron chi connectivity index (χ4n) is 2.99. The molecule has 1 heterocycles. The molecule has 2 N–H and O–H groups in total. The summed E-state index contributed by atoms with van der Waals surface area (Å²) < 4.78 is 2.08. The zero-order valence-electron chi connectivity index (χ0n) is 16.4. The summed E-state index contributed by atoms with van der Waals surface area (Å²) >= 11 is 0. The van der Waals surface area contributed by atoms with Crippen molar-refractivity contribution in [1.29, 1.82) is 0 Å². The Hall–Kier alpha value is -2.30. The topological polar surface area (TPSA) is 54.2 Å². The van der Waals surface area contributed by atoms with E-state index in [1.807, 2.05) is 25.8 Å². The van der Waals surface area contributed by atoms with Crippen LogP contribution in [0.4, 0.5) is 0 Å². The van der Waals surface area contributed by atoms with E-state index in [0.717, 1.165) is 19.0 Å². The van der Waals surface area contributed by atoms with Crippen LogP contribution in [0.15, 0.2) is 48.0 Å². The minimum atomic E-state index is 0.436. The number of nitrogens with one attached hydrogen (secondary N) is 2. The SMILES string of the molecule is CCCCCCC(C)NC(=NC)NCc1cccc(Cn2ccnc2)c1. The first-order valence-electron chi connectivity index (χ1n) is 9.72. The van der Waals surface area contributed by atoms with Gasteiger partial charge in [-0.25, -0.2) is 4.98 Å². The second kappa shape index (κ2) is 11.3. The molecule has 0 saturated heterocycles. The molecule has 1 unspecified atom stereocenters. The highest BCUT2D eigenvalue weighted by Gasteiger charge is 2.05. The Balaban J connectivity index is 1.78. The quantitative estimate of drug-likeness (QED) is 0.385. The molecule has 1 aromatic heterocycles. The maximum absolute atomic E-state index is 4.35. The van der Waals surface area contributed by atoms with Crippen LogP contribution >= 0.6 is 0 Å². The third-order valence-corrected chi connectivity index (χ3v) is 4.47. The van der Waals surface area contributed by atoms with Gasteiger partial charge in [0.05, 0.1) is 6.33 Å². The van der Waals surface area contributed by atoms with Crippen molar-refractivity contribution in [3.63, 3.8) is 0 Å². The molecule has 0 saturated carbocycles. The number of nitrogens with zero attached hydrogens (tertiary/aromatic N) is 3. The predicted molar refractivity (Wildman–Crippen MR) is 109 cm³/mol. The lowest BCUT2D eigenvalue weighted by Crippen LogP contribution is -2.41. The summed E-state index contributed by atoms with van der Waals surface area (Å²) in [5.41, 5.74) is 2.52. The summed E-state index contributed by atoms with van der Waals surface area (Å²) in [7, 11) is 1.83. The first-order valence-corrected chi connectivity index (χ1v) is 9.72. The van der Waals surface area contributed by atoms with E-state index < -0.39 is 0 Å². The van der Waals surface area contributed by atoms with Gasteiger partial charge in [-0.2, -0.15) is 0 Å². The van der Waals surface area contributed by atoms with E-state index >= 15 is 0 Å². The van der Waals surface area contributed by atoms with E-state index in [4.69, 9.17) is 0 Å². The van der Waals surface area contributed by atoms with Gasteiger partial charge in [0.15, 0.2) is 5.96 Å². The maximum atomic E-state index is 4.35. The molecule has 0 aliphatic heterocycles.